The number of aliphatic imine (C=N–C) groups is 1. The van der Waals surface area contributed by atoms with E-state index in [4.69, 9.17) is 15.2 Å². The van der Waals surface area contributed by atoms with E-state index in [0.717, 1.165) is 18.4 Å². The number of guanidine groups is 1. The second kappa shape index (κ2) is 12.9. The summed E-state index contributed by atoms with van der Waals surface area (Å²) in [6.45, 7) is 4.67. The first-order valence-corrected chi connectivity index (χ1v) is 11.4. The molecule has 0 bridgehead atoms. The fraction of sp³-hybridized carbons (Fsp3) is 0.625. The maximum Gasteiger partial charge on any atom is 0.244 e. The zero-order valence-corrected chi connectivity index (χ0v) is 19.8. The Hall–Kier alpha value is -2.77. The lowest BCUT2D eigenvalue weighted by Crippen LogP contribution is -2.42. The van der Waals surface area contributed by atoms with Gasteiger partial charge in [-0.3, -0.25) is 14.9 Å². The average Bonchev–Trinajstić information content (AvgIpc) is 2.77. The van der Waals surface area contributed by atoms with E-state index in [2.05, 4.69) is 15.6 Å². The number of ether oxygens (including phenoxy) is 2. The fourth-order valence-electron chi connectivity index (χ4n) is 3.94. The highest BCUT2D eigenvalue weighted by Gasteiger charge is 2.24. The van der Waals surface area contributed by atoms with Crippen LogP contribution in [0.15, 0.2) is 23.2 Å². The molecule has 2 rings (SSSR count). The Morgan fingerprint density at radius 2 is 1.81 bits per heavy atom. The first-order valence-electron chi connectivity index (χ1n) is 11.4. The van der Waals surface area contributed by atoms with Crippen molar-refractivity contribution in [2.24, 2.45) is 22.6 Å². The van der Waals surface area contributed by atoms with Gasteiger partial charge in [-0.25, -0.2) is 4.99 Å². The molecule has 1 aliphatic rings. The van der Waals surface area contributed by atoms with Crippen molar-refractivity contribution in [1.82, 2.24) is 10.6 Å². The summed E-state index contributed by atoms with van der Waals surface area (Å²) in [4.78, 5) is 29.6. The molecule has 1 aromatic rings. The van der Waals surface area contributed by atoms with Gasteiger partial charge >= 0.3 is 0 Å². The highest BCUT2D eigenvalue weighted by atomic mass is 16.5. The molecule has 1 aliphatic carbocycles. The summed E-state index contributed by atoms with van der Waals surface area (Å²) >= 11 is 0. The molecule has 0 spiro atoms. The molecular formula is C24H38N4O4. The van der Waals surface area contributed by atoms with Gasteiger partial charge < -0.3 is 20.5 Å². The highest BCUT2D eigenvalue weighted by Crippen LogP contribution is 2.29. The maximum atomic E-state index is 12.8. The van der Waals surface area contributed by atoms with Crippen molar-refractivity contribution in [1.29, 1.82) is 0 Å². The van der Waals surface area contributed by atoms with Crippen LogP contribution < -0.4 is 25.8 Å². The monoisotopic (exact) mass is 446 g/mol. The number of carbonyl (C=O) groups excluding carboxylic acids is 2. The molecule has 0 saturated heterocycles. The van der Waals surface area contributed by atoms with Crippen LogP contribution in [-0.4, -0.2) is 44.6 Å². The SMILES string of the molecule is COc1ccc(CC(=O)NC(N)=NC(CC2CCCCC2)C(=O)NCC(C)C)cc1OC. The van der Waals surface area contributed by atoms with Gasteiger partial charge in [-0.05, 0) is 36.0 Å². The third-order valence-corrected chi connectivity index (χ3v) is 5.64. The Kier molecular flexibility index (Phi) is 10.3. The number of nitrogens with zero attached hydrogens (tertiary/aromatic N) is 1. The average molecular weight is 447 g/mol. The lowest BCUT2D eigenvalue weighted by atomic mass is 9.84. The van der Waals surface area contributed by atoms with Gasteiger partial charge in [0.15, 0.2) is 17.5 Å². The summed E-state index contributed by atoms with van der Waals surface area (Å²) < 4.78 is 10.5. The van der Waals surface area contributed by atoms with Crippen LogP contribution in [0, 0.1) is 11.8 Å². The third kappa shape index (κ3) is 8.40. The molecule has 1 atom stereocenters. The van der Waals surface area contributed by atoms with Gasteiger partial charge in [0.1, 0.15) is 6.04 Å². The number of rotatable bonds is 10. The van der Waals surface area contributed by atoms with Crippen molar-refractivity contribution < 1.29 is 19.1 Å². The van der Waals surface area contributed by atoms with E-state index in [-0.39, 0.29) is 24.2 Å². The van der Waals surface area contributed by atoms with Gasteiger partial charge in [-0.15, -0.1) is 0 Å². The summed E-state index contributed by atoms with van der Waals surface area (Å²) in [6.07, 6.45) is 6.58. The van der Waals surface area contributed by atoms with Crippen molar-refractivity contribution in [2.45, 2.75) is 64.8 Å². The molecule has 1 aromatic carbocycles. The number of hydrogen-bond acceptors (Lipinski definition) is 5. The van der Waals surface area contributed by atoms with E-state index in [0.29, 0.717) is 36.3 Å². The van der Waals surface area contributed by atoms with E-state index in [1.54, 1.807) is 32.4 Å². The Morgan fingerprint density at radius 3 is 2.44 bits per heavy atom. The number of carbonyl (C=O) groups is 2. The zero-order chi connectivity index (χ0) is 23.5. The summed E-state index contributed by atoms with van der Waals surface area (Å²) in [7, 11) is 3.10. The lowest BCUT2D eigenvalue weighted by Gasteiger charge is -2.24. The standard InChI is InChI=1S/C24H38N4O4/c1-16(2)15-26-23(30)19(12-17-8-6-5-7-9-17)27-24(25)28-22(29)14-18-10-11-20(31-3)21(13-18)32-4/h10-11,13,16-17,19H,5-9,12,14-15H2,1-4H3,(H,26,30)(H3,25,27,28,29). The minimum absolute atomic E-state index is 0.0315. The first-order chi connectivity index (χ1) is 15.3. The predicted molar refractivity (Wildman–Crippen MR) is 126 cm³/mol. The van der Waals surface area contributed by atoms with Gasteiger partial charge in [0.25, 0.3) is 0 Å². The normalized spacial score (nSPS) is 15.8. The molecule has 178 valence electrons. The molecule has 2 amide bonds. The van der Waals surface area contributed by atoms with E-state index in [9.17, 15) is 9.59 Å². The second-order valence-corrected chi connectivity index (χ2v) is 8.82. The lowest BCUT2D eigenvalue weighted by molar-refractivity contribution is -0.123. The van der Waals surface area contributed by atoms with Crippen LogP contribution in [0.1, 0.15) is 57.9 Å². The Balaban J connectivity index is 2.03. The van der Waals surface area contributed by atoms with Crippen molar-refractivity contribution >= 4 is 17.8 Å². The number of hydrogen-bond donors (Lipinski definition) is 3. The molecule has 0 aliphatic heterocycles. The number of amides is 2. The maximum absolute atomic E-state index is 12.8. The largest absolute Gasteiger partial charge is 0.493 e. The van der Waals surface area contributed by atoms with Crippen molar-refractivity contribution in [2.75, 3.05) is 20.8 Å². The molecule has 1 fully saturated rings. The highest BCUT2D eigenvalue weighted by molar-refractivity contribution is 5.98. The number of nitrogens with two attached hydrogens (primary N) is 1. The van der Waals surface area contributed by atoms with Crippen molar-refractivity contribution in [3.8, 4) is 11.5 Å². The molecule has 0 heterocycles. The summed E-state index contributed by atoms with van der Waals surface area (Å²) in [5, 5.41) is 5.57. The van der Waals surface area contributed by atoms with Gasteiger partial charge in [-0.1, -0.05) is 52.0 Å². The summed E-state index contributed by atoms with van der Waals surface area (Å²) in [6, 6.07) is 4.69. The first kappa shape index (κ1) is 25.5. The molecule has 8 nitrogen and oxygen atoms in total. The Bertz CT molecular complexity index is 788. The number of nitrogens with one attached hydrogen (secondary N) is 2. The summed E-state index contributed by atoms with van der Waals surface area (Å²) in [5.74, 6) is 1.47. The van der Waals surface area contributed by atoms with E-state index in [1.165, 1.54) is 19.3 Å². The number of methoxy groups -OCH3 is 2. The number of benzene rings is 1. The zero-order valence-electron chi connectivity index (χ0n) is 19.8. The molecular weight excluding hydrogens is 408 g/mol. The van der Waals surface area contributed by atoms with E-state index in [1.807, 2.05) is 13.8 Å². The molecule has 4 N–H and O–H groups in total. The van der Waals surface area contributed by atoms with Gasteiger partial charge in [0.05, 0.1) is 20.6 Å². The minimum atomic E-state index is -0.599. The topological polar surface area (TPSA) is 115 Å². The molecule has 8 heteroatoms. The van der Waals surface area contributed by atoms with Crippen LogP contribution in [0.3, 0.4) is 0 Å². The van der Waals surface area contributed by atoms with Crippen LogP contribution in [-0.2, 0) is 16.0 Å². The quantitative estimate of drug-likeness (QED) is 0.378. The molecule has 1 unspecified atom stereocenters. The van der Waals surface area contributed by atoms with Gasteiger partial charge in [0.2, 0.25) is 11.8 Å². The third-order valence-electron chi connectivity index (χ3n) is 5.64. The van der Waals surface area contributed by atoms with E-state index < -0.39 is 6.04 Å². The fourth-order valence-corrected chi connectivity index (χ4v) is 3.94. The van der Waals surface area contributed by atoms with Crippen LogP contribution in [0.25, 0.3) is 0 Å². The van der Waals surface area contributed by atoms with Crippen LogP contribution in [0.2, 0.25) is 0 Å². The van der Waals surface area contributed by atoms with Crippen LogP contribution in [0.4, 0.5) is 0 Å². The van der Waals surface area contributed by atoms with Crippen LogP contribution in [0.5, 0.6) is 11.5 Å². The van der Waals surface area contributed by atoms with Crippen molar-refractivity contribution in [3.63, 3.8) is 0 Å². The summed E-state index contributed by atoms with van der Waals surface area (Å²) in [5.41, 5.74) is 6.77. The van der Waals surface area contributed by atoms with E-state index >= 15 is 0 Å². The van der Waals surface area contributed by atoms with Gasteiger partial charge in [-0.2, -0.15) is 0 Å². The van der Waals surface area contributed by atoms with Gasteiger partial charge in [0, 0.05) is 6.54 Å². The van der Waals surface area contributed by atoms with Crippen molar-refractivity contribution in [3.05, 3.63) is 23.8 Å². The second-order valence-electron chi connectivity index (χ2n) is 8.82. The predicted octanol–water partition coefficient (Wildman–Crippen LogP) is 2.79. The molecule has 0 aromatic heterocycles. The molecule has 0 radical (unpaired) electrons. The molecule has 1 saturated carbocycles. The Morgan fingerprint density at radius 1 is 1.12 bits per heavy atom. The smallest absolute Gasteiger partial charge is 0.244 e. The Labute approximate surface area is 191 Å². The van der Waals surface area contributed by atoms with Crippen LogP contribution >= 0.6 is 0 Å². The minimum Gasteiger partial charge on any atom is -0.493 e. The molecule has 32 heavy (non-hydrogen) atoms.